The van der Waals surface area contributed by atoms with Crippen LogP contribution in [0.1, 0.15) is 18.6 Å². The van der Waals surface area contributed by atoms with E-state index in [9.17, 15) is 9.18 Å². The minimum absolute atomic E-state index is 0.225. The Morgan fingerprint density at radius 3 is 2.73 bits per heavy atom. The summed E-state index contributed by atoms with van der Waals surface area (Å²) in [6.45, 7) is 1.86. The SMILES string of the molecule is C[C@H](Oc1cc2c(=O)[nH]cnc2cc1Br)c1ccc(F)cc1. The number of benzene rings is 2. The van der Waals surface area contributed by atoms with Crippen molar-refractivity contribution in [2.45, 2.75) is 13.0 Å². The van der Waals surface area contributed by atoms with Gasteiger partial charge in [-0.25, -0.2) is 9.37 Å². The Bertz CT molecular complexity index is 877. The van der Waals surface area contributed by atoms with E-state index in [1.165, 1.54) is 18.5 Å². The van der Waals surface area contributed by atoms with Crippen LogP contribution in [0.15, 0.2) is 52.0 Å². The standard InChI is InChI=1S/C16H12BrFN2O2/c1-9(10-2-4-11(18)5-3-10)22-15-6-12-14(7-13(15)17)19-8-20-16(12)21/h2-9H,1H3,(H,19,20,21)/t9-/m0/s1. The van der Waals surface area contributed by atoms with E-state index in [-0.39, 0.29) is 17.5 Å². The van der Waals surface area contributed by atoms with Crippen molar-refractivity contribution in [1.29, 1.82) is 0 Å². The van der Waals surface area contributed by atoms with Crippen LogP contribution >= 0.6 is 15.9 Å². The zero-order valence-electron chi connectivity index (χ0n) is 11.6. The Hall–Kier alpha value is -2.21. The molecular weight excluding hydrogens is 351 g/mol. The van der Waals surface area contributed by atoms with Gasteiger partial charge in [-0.1, -0.05) is 12.1 Å². The van der Waals surface area contributed by atoms with Crippen molar-refractivity contribution in [3.8, 4) is 5.75 Å². The predicted octanol–water partition coefficient (Wildman–Crippen LogP) is 3.96. The van der Waals surface area contributed by atoms with Crippen LogP contribution in [-0.2, 0) is 0 Å². The summed E-state index contributed by atoms with van der Waals surface area (Å²) in [5, 5.41) is 0.451. The topological polar surface area (TPSA) is 55.0 Å². The highest BCUT2D eigenvalue weighted by atomic mass is 79.9. The summed E-state index contributed by atoms with van der Waals surface area (Å²) < 4.78 is 19.6. The van der Waals surface area contributed by atoms with Gasteiger partial charge in [0, 0.05) is 0 Å². The van der Waals surface area contributed by atoms with Crippen molar-refractivity contribution >= 4 is 26.8 Å². The summed E-state index contributed by atoms with van der Waals surface area (Å²) in [4.78, 5) is 18.5. The zero-order valence-corrected chi connectivity index (χ0v) is 13.2. The normalized spacial score (nSPS) is 12.3. The largest absolute Gasteiger partial charge is 0.485 e. The lowest BCUT2D eigenvalue weighted by Gasteiger charge is -2.16. The van der Waals surface area contributed by atoms with Crippen LogP contribution in [0.3, 0.4) is 0 Å². The van der Waals surface area contributed by atoms with E-state index in [0.29, 0.717) is 21.1 Å². The van der Waals surface area contributed by atoms with Crippen molar-refractivity contribution in [3.63, 3.8) is 0 Å². The third-order valence-corrected chi connectivity index (χ3v) is 3.96. The van der Waals surface area contributed by atoms with E-state index < -0.39 is 0 Å². The fourth-order valence-electron chi connectivity index (χ4n) is 2.15. The molecule has 0 saturated heterocycles. The third-order valence-electron chi connectivity index (χ3n) is 3.34. The number of ether oxygens (including phenoxy) is 1. The average molecular weight is 363 g/mol. The number of halogens is 2. The highest BCUT2D eigenvalue weighted by molar-refractivity contribution is 9.10. The second kappa shape index (κ2) is 5.88. The summed E-state index contributed by atoms with van der Waals surface area (Å²) in [6.07, 6.45) is 1.07. The molecule has 1 N–H and O–H groups in total. The smallest absolute Gasteiger partial charge is 0.258 e. The first-order valence-electron chi connectivity index (χ1n) is 6.63. The second-order valence-electron chi connectivity index (χ2n) is 4.84. The van der Waals surface area contributed by atoms with Crippen molar-refractivity contribution in [3.05, 3.63) is 68.9 Å². The number of aromatic nitrogens is 2. The number of nitrogens with one attached hydrogen (secondary N) is 1. The molecule has 0 aliphatic rings. The number of H-pyrrole nitrogens is 1. The molecule has 1 aromatic heterocycles. The second-order valence-corrected chi connectivity index (χ2v) is 5.70. The summed E-state index contributed by atoms with van der Waals surface area (Å²) in [6, 6.07) is 9.49. The molecule has 0 aliphatic heterocycles. The van der Waals surface area contributed by atoms with E-state index in [1.54, 1.807) is 24.3 Å². The van der Waals surface area contributed by atoms with Crippen LogP contribution < -0.4 is 10.3 Å². The molecule has 0 bridgehead atoms. The molecule has 2 aromatic carbocycles. The lowest BCUT2D eigenvalue weighted by molar-refractivity contribution is 0.225. The van der Waals surface area contributed by atoms with E-state index in [2.05, 4.69) is 25.9 Å². The predicted molar refractivity (Wildman–Crippen MR) is 85.5 cm³/mol. The monoisotopic (exact) mass is 362 g/mol. The van der Waals surface area contributed by atoms with Crippen LogP contribution in [0.5, 0.6) is 5.75 Å². The van der Waals surface area contributed by atoms with Crippen LogP contribution in [0.4, 0.5) is 4.39 Å². The van der Waals surface area contributed by atoms with Gasteiger partial charge in [0.25, 0.3) is 5.56 Å². The van der Waals surface area contributed by atoms with Crippen LogP contribution in [0, 0.1) is 5.82 Å². The molecule has 0 radical (unpaired) electrons. The first-order chi connectivity index (χ1) is 10.5. The van der Waals surface area contributed by atoms with Crippen molar-refractivity contribution in [2.24, 2.45) is 0 Å². The maximum Gasteiger partial charge on any atom is 0.258 e. The van der Waals surface area contributed by atoms with E-state index >= 15 is 0 Å². The Morgan fingerprint density at radius 2 is 2.00 bits per heavy atom. The molecule has 3 aromatic rings. The van der Waals surface area contributed by atoms with Gasteiger partial charge in [0.2, 0.25) is 0 Å². The molecule has 1 heterocycles. The minimum Gasteiger partial charge on any atom is -0.485 e. The van der Waals surface area contributed by atoms with Gasteiger partial charge in [0.05, 0.1) is 21.7 Å². The van der Waals surface area contributed by atoms with Gasteiger partial charge < -0.3 is 9.72 Å². The molecule has 0 spiro atoms. The minimum atomic E-state index is -0.291. The number of fused-ring (bicyclic) bond motifs is 1. The Morgan fingerprint density at radius 1 is 1.27 bits per heavy atom. The summed E-state index contributed by atoms with van der Waals surface area (Å²) in [5.41, 5.74) is 1.20. The fourth-order valence-corrected chi connectivity index (χ4v) is 2.58. The van der Waals surface area contributed by atoms with Gasteiger partial charge in [-0.05, 0) is 52.7 Å². The molecule has 3 rings (SSSR count). The number of hydrogen-bond donors (Lipinski definition) is 1. The quantitative estimate of drug-likeness (QED) is 0.766. The van der Waals surface area contributed by atoms with Crippen molar-refractivity contribution < 1.29 is 9.13 Å². The molecule has 6 heteroatoms. The summed E-state index contributed by atoms with van der Waals surface area (Å²) in [7, 11) is 0. The zero-order chi connectivity index (χ0) is 15.7. The lowest BCUT2D eigenvalue weighted by Crippen LogP contribution is -2.08. The Labute approximate surface area is 134 Å². The lowest BCUT2D eigenvalue weighted by atomic mass is 10.1. The maximum atomic E-state index is 13.0. The summed E-state index contributed by atoms with van der Waals surface area (Å²) in [5.74, 6) is 0.239. The highest BCUT2D eigenvalue weighted by Crippen LogP contribution is 2.31. The first-order valence-corrected chi connectivity index (χ1v) is 7.43. The van der Waals surface area contributed by atoms with Gasteiger partial charge in [-0.2, -0.15) is 0 Å². The molecular formula is C16H12BrFN2O2. The van der Waals surface area contributed by atoms with E-state index in [4.69, 9.17) is 4.74 Å². The maximum absolute atomic E-state index is 13.0. The molecule has 1 atom stereocenters. The van der Waals surface area contributed by atoms with Gasteiger partial charge in [-0.15, -0.1) is 0 Å². The first kappa shape index (κ1) is 14.7. The fraction of sp³-hybridized carbons (Fsp3) is 0.125. The van der Waals surface area contributed by atoms with E-state index in [1.807, 2.05) is 6.92 Å². The molecule has 0 unspecified atom stereocenters. The molecule has 22 heavy (non-hydrogen) atoms. The Kier molecular flexibility index (Phi) is 3.94. The molecule has 0 saturated carbocycles. The molecule has 112 valence electrons. The number of nitrogens with zero attached hydrogens (tertiary/aromatic N) is 1. The molecule has 0 aliphatic carbocycles. The van der Waals surface area contributed by atoms with Crippen LogP contribution in [0.2, 0.25) is 0 Å². The van der Waals surface area contributed by atoms with Crippen molar-refractivity contribution in [1.82, 2.24) is 9.97 Å². The van der Waals surface area contributed by atoms with Crippen LogP contribution in [0.25, 0.3) is 10.9 Å². The number of rotatable bonds is 3. The van der Waals surface area contributed by atoms with Gasteiger partial charge >= 0.3 is 0 Å². The van der Waals surface area contributed by atoms with Crippen molar-refractivity contribution in [2.75, 3.05) is 0 Å². The van der Waals surface area contributed by atoms with Crippen LogP contribution in [-0.4, -0.2) is 9.97 Å². The summed E-state index contributed by atoms with van der Waals surface area (Å²) >= 11 is 3.42. The average Bonchev–Trinajstić information content (AvgIpc) is 2.49. The van der Waals surface area contributed by atoms with Gasteiger partial charge in [-0.3, -0.25) is 4.79 Å². The number of aromatic amines is 1. The Balaban J connectivity index is 1.96. The third kappa shape index (κ3) is 2.87. The molecule has 4 nitrogen and oxygen atoms in total. The van der Waals surface area contributed by atoms with Gasteiger partial charge in [0.15, 0.2) is 0 Å². The number of hydrogen-bond acceptors (Lipinski definition) is 3. The van der Waals surface area contributed by atoms with E-state index in [0.717, 1.165) is 5.56 Å². The van der Waals surface area contributed by atoms with Gasteiger partial charge in [0.1, 0.15) is 17.7 Å². The molecule has 0 amide bonds. The molecule has 0 fully saturated rings. The highest BCUT2D eigenvalue weighted by Gasteiger charge is 2.12.